The Labute approximate surface area is 280 Å². The Morgan fingerprint density at radius 1 is 0.826 bits per heavy atom. The van der Waals surface area contributed by atoms with Gasteiger partial charge in [-0.3, -0.25) is 9.59 Å². The molecule has 0 heterocycles. The van der Waals surface area contributed by atoms with Gasteiger partial charge in [-0.1, -0.05) is 122 Å². The minimum Gasteiger partial charge on any atom is -0.462 e. The predicted molar refractivity (Wildman–Crippen MR) is 184 cm³/mol. The van der Waals surface area contributed by atoms with Gasteiger partial charge in [0.1, 0.15) is 6.61 Å². The Hall–Kier alpha value is -1.74. The Bertz CT molecular complexity index is 828. The largest absolute Gasteiger partial charge is 0.462 e. The van der Waals surface area contributed by atoms with E-state index in [1.165, 1.54) is 44.9 Å². The van der Waals surface area contributed by atoms with Gasteiger partial charge in [-0.05, 0) is 43.9 Å². The van der Waals surface area contributed by atoms with Gasteiger partial charge in [0.2, 0.25) is 0 Å². The number of hydrogen-bond donors (Lipinski definition) is 4. The second kappa shape index (κ2) is 27.2. The number of esters is 2. The molecule has 7 atom stereocenters. The van der Waals surface area contributed by atoms with E-state index >= 15 is 0 Å². The van der Waals surface area contributed by atoms with Crippen LogP contribution in [-0.4, -0.2) is 70.0 Å². The van der Waals surface area contributed by atoms with Gasteiger partial charge in [0, 0.05) is 25.2 Å². The maximum atomic E-state index is 12.2. The lowest BCUT2D eigenvalue weighted by Crippen LogP contribution is -2.28. The second-order valence-corrected chi connectivity index (χ2v) is 13.5. The van der Waals surface area contributed by atoms with E-state index in [0.717, 1.165) is 44.4 Å². The fourth-order valence-corrected chi connectivity index (χ4v) is 6.05. The molecule has 8 nitrogen and oxygen atoms in total. The highest BCUT2D eigenvalue weighted by molar-refractivity contribution is 5.70. The summed E-state index contributed by atoms with van der Waals surface area (Å²) in [4.78, 5) is 24.3. The van der Waals surface area contributed by atoms with Crippen molar-refractivity contribution in [2.24, 2.45) is 17.8 Å². The summed E-state index contributed by atoms with van der Waals surface area (Å²) in [6.45, 7) is 6.15. The molecule has 1 unspecified atom stereocenters. The molecule has 4 N–H and O–H groups in total. The van der Waals surface area contributed by atoms with E-state index in [1.54, 1.807) is 6.08 Å². The number of hydrogen-bond acceptors (Lipinski definition) is 8. The van der Waals surface area contributed by atoms with Crippen LogP contribution in [0.2, 0.25) is 0 Å². The molecule has 0 aromatic carbocycles. The third kappa shape index (κ3) is 20.5. The van der Waals surface area contributed by atoms with E-state index in [9.17, 15) is 30.0 Å². The molecule has 0 bridgehead atoms. The number of carbonyl (C=O) groups is 2. The van der Waals surface area contributed by atoms with Crippen LogP contribution < -0.4 is 0 Å². The number of carbonyl (C=O) groups excluding carboxylic acids is 2. The summed E-state index contributed by atoms with van der Waals surface area (Å²) in [6, 6.07) is 0. The molecule has 0 aliphatic heterocycles. The Morgan fingerprint density at radius 3 is 2.15 bits per heavy atom. The highest BCUT2D eigenvalue weighted by Gasteiger charge is 2.39. The van der Waals surface area contributed by atoms with Gasteiger partial charge in [-0.2, -0.15) is 0 Å². The fourth-order valence-electron chi connectivity index (χ4n) is 6.05. The minimum atomic E-state index is -0.863. The number of aliphatic hydroxyl groups is 4. The first-order chi connectivity index (χ1) is 22.2. The molecule has 1 aliphatic rings. The quantitative estimate of drug-likeness (QED) is 0.0392. The molecule has 1 aliphatic carbocycles. The van der Waals surface area contributed by atoms with Crippen LogP contribution in [0.5, 0.6) is 0 Å². The number of allylic oxidation sites excluding steroid dienone is 2. The molecule has 0 saturated heterocycles. The molecular weight excluding hydrogens is 584 g/mol. The summed E-state index contributed by atoms with van der Waals surface area (Å²) in [5, 5.41) is 40.6. The molecule has 46 heavy (non-hydrogen) atoms. The van der Waals surface area contributed by atoms with Crippen LogP contribution in [0.15, 0.2) is 24.3 Å². The summed E-state index contributed by atoms with van der Waals surface area (Å²) in [5.41, 5.74) is 0. The third-order valence-electron chi connectivity index (χ3n) is 9.36. The Balaban J connectivity index is 2.18. The van der Waals surface area contributed by atoms with Crippen LogP contribution in [0.3, 0.4) is 0 Å². The maximum absolute atomic E-state index is 12.2. The number of unbranched alkanes of at least 4 members (excludes halogenated alkanes) is 10. The summed E-state index contributed by atoms with van der Waals surface area (Å²) in [7, 11) is 0. The molecule has 0 aromatic rings. The summed E-state index contributed by atoms with van der Waals surface area (Å²) >= 11 is 0. The van der Waals surface area contributed by atoms with Crippen LogP contribution >= 0.6 is 0 Å². The van der Waals surface area contributed by atoms with Crippen molar-refractivity contribution in [1.82, 2.24) is 0 Å². The summed E-state index contributed by atoms with van der Waals surface area (Å²) in [6.07, 6.45) is 23.3. The molecule has 0 amide bonds. The highest BCUT2D eigenvalue weighted by Crippen LogP contribution is 2.36. The van der Waals surface area contributed by atoms with Crippen molar-refractivity contribution in [3.05, 3.63) is 24.3 Å². The van der Waals surface area contributed by atoms with Crippen LogP contribution in [0.25, 0.3) is 0 Å². The molecule has 1 fully saturated rings. The number of ether oxygens (including phenoxy) is 2. The Kier molecular flexibility index (Phi) is 25.0. The monoisotopic (exact) mass is 652 g/mol. The van der Waals surface area contributed by atoms with E-state index in [2.05, 4.69) is 20.8 Å². The van der Waals surface area contributed by atoms with E-state index in [0.29, 0.717) is 38.5 Å². The molecule has 1 saturated carbocycles. The summed E-state index contributed by atoms with van der Waals surface area (Å²) < 4.78 is 10.5. The van der Waals surface area contributed by atoms with Crippen LogP contribution in [0, 0.1) is 17.8 Å². The predicted octanol–water partition coefficient (Wildman–Crippen LogP) is 7.35. The van der Waals surface area contributed by atoms with Crippen LogP contribution in [-0.2, 0) is 19.1 Å². The standard InChI is InChI=1S/C38H68O8/c1-4-6-15-21-31(40)25-26-34-33(35(41)27-36(34)42)22-17-13-14-19-24-38(44)46-32(28-39)29-45-37(43)23-18-12-10-8-7-9-11-16-20-30(3)5-2/h13,17,25-26,30-36,39-42H,4-12,14-16,18-24,27-29H2,1-3H3/b17-13+,26-25+/t30?,31-,32-,33+,34+,35-,36+/m0/s1. The number of aliphatic hydroxyl groups excluding tert-OH is 4. The van der Waals surface area contributed by atoms with Gasteiger partial charge in [-0.25, -0.2) is 0 Å². The summed E-state index contributed by atoms with van der Waals surface area (Å²) in [5.74, 6) is -0.262. The SMILES string of the molecule is CCCCC[C@H](O)/C=C/[C@@H]1[C@@H](C/C=C/CCCC(=O)O[C@@H](CO)COC(=O)CCCCCCCCCCC(C)CC)[C@@H](O)C[C@H]1O. The molecule has 0 radical (unpaired) electrons. The lowest BCUT2D eigenvalue weighted by Gasteiger charge is -2.19. The molecular formula is C38H68O8. The normalized spacial score (nSPS) is 22.0. The molecule has 268 valence electrons. The lowest BCUT2D eigenvalue weighted by atomic mass is 9.89. The first kappa shape index (κ1) is 42.3. The average molecular weight is 653 g/mol. The van der Waals surface area contributed by atoms with E-state index in [-0.39, 0.29) is 30.8 Å². The fraction of sp³-hybridized carbons (Fsp3) is 0.842. The van der Waals surface area contributed by atoms with Crippen molar-refractivity contribution in [2.75, 3.05) is 13.2 Å². The van der Waals surface area contributed by atoms with Crippen molar-refractivity contribution in [2.45, 2.75) is 174 Å². The zero-order chi connectivity index (χ0) is 34.0. The van der Waals surface area contributed by atoms with Crippen LogP contribution in [0.4, 0.5) is 0 Å². The van der Waals surface area contributed by atoms with Crippen molar-refractivity contribution in [3.63, 3.8) is 0 Å². The van der Waals surface area contributed by atoms with Gasteiger partial charge >= 0.3 is 11.9 Å². The molecule has 0 spiro atoms. The van der Waals surface area contributed by atoms with Crippen molar-refractivity contribution < 1.29 is 39.5 Å². The molecule has 8 heteroatoms. The zero-order valence-electron chi connectivity index (χ0n) is 29.3. The van der Waals surface area contributed by atoms with E-state index in [1.807, 2.05) is 18.2 Å². The average Bonchev–Trinajstić information content (AvgIpc) is 3.31. The molecule has 1 rings (SSSR count). The third-order valence-corrected chi connectivity index (χ3v) is 9.36. The first-order valence-corrected chi connectivity index (χ1v) is 18.5. The van der Waals surface area contributed by atoms with Gasteiger partial charge in [0.15, 0.2) is 6.10 Å². The first-order valence-electron chi connectivity index (χ1n) is 18.5. The highest BCUT2D eigenvalue weighted by atomic mass is 16.6. The lowest BCUT2D eigenvalue weighted by molar-refractivity contribution is -0.161. The van der Waals surface area contributed by atoms with Gasteiger partial charge in [-0.15, -0.1) is 0 Å². The second-order valence-electron chi connectivity index (χ2n) is 13.5. The zero-order valence-corrected chi connectivity index (χ0v) is 29.3. The smallest absolute Gasteiger partial charge is 0.306 e. The van der Waals surface area contributed by atoms with E-state index in [4.69, 9.17) is 9.47 Å². The van der Waals surface area contributed by atoms with Gasteiger partial charge < -0.3 is 29.9 Å². The minimum absolute atomic E-state index is 0.123. The maximum Gasteiger partial charge on any atom is 0.306 e. The molecule has 0 aromatic heterocycles. The van der Waals surface area contributed by atoms with Gasteiger partial charge in [0.05, 0.1) is 24.9 Å². The van der Waals surface area contributed by atoms with Gasteiger partial charge in [0.25, 0.3) is 0 Å². The number of rotatable bonds is 28. The van der Waals surface area contributed by atoms with Crippen molar-refractivity contribution in [3.8, 4) is 0 Å². The van der Waals surface area contributed by atoms with E-state index < -0.39 is 37.0 Å². The topological polar surface area (TPSA) is 134 Å². The van der Waals surface area contributed by atoms with Crippen LogP contribution in [0.1, 0.15) is 149 Å². The Morgan fingerprint density at radius 2 is 1.48 bits per heavy atom. The van der Waals surface area contributed by atoms with Crippen molar-refractivity contribution in [1.29, 1.82) is 0 Å². The van der Waals surface area contributed by atoms with Crippen molar-refractivity contribution >= 4 is 11.9 Å².